The van der Waals surface area contributed by atoms with Gasteiger partial charge in [0.25, 0.3) is 0 Å². The molecule has 0 aliphatic carbocycles. The van der Waals surface area contributed by atoms with Crippen LogP contribution in [0.5, 0.6) is 0 Å². The molecule has 0 bridgehead atoms. The van der Waals surface area contributed by atoms with Crippen LogP contribution in [0.15, 0.2) is 30.2 Å². The molecule has 6 N–H and O–H groups in total. The molecule has 31 heavy (non-hydrogen) atoms. The molecule has 1 saturated heterocycles. The molecule has 11 nitrogen and oxygen atoms in total. The van der Waals surface area contributed by atoms with E-state index in [9.17, 15) is 29.7 Å². The molecule has 0 aromatic heterocycles. The van der Waals surface area contributed by atoms with Crippen molar-refractivity contribution in [3.8, 4) is 0 Å². The number of aliphatic hydroxyl groups excluding tert-OH is 3. The summed E-state index contributed by atoms with van der Waals surface area (Å²) in [4.78, 5) is 39.9. The molecule has 172 valence electrons. The Morgan fingerprint density at radius 3 is 2.16 bits per heavy atom. The van der Waals surface area contributed by atoms with Crippen LogP contribution in [0.4, 0.5) is 5.69 Å². The second-order valence-electron chi connectivity index (χ2n) is 6.84. The Labute approximate surface area is 186 Å². The fraction of sp³-hybridized carbons (Fsp3) is 0.550. The highest BCUT2D eigenvalue weighted by atomic mass is 16.8. The third-order valence-corrected chi connectivity index (χ3v) is 4.42. The van der Waals surface area contributed by atoms with Crippen molar-refractivity contribution in [2.45, 2.75) is 69.2 Å². The van der Waals surface area contributed by atoms with Crippen molar-refractivity contribution < 1.29 is 51.2 Å². The minimum Gasteiger partial charge on any atom is -0.479 e. The number of carbonyl (C=O) groups excluding carboxylic acids is 2. The van der Waals surface area contributed by atoms with E-state index < -0.39 is 78.7 Å². The van der Waals surface area contributed by atoms with Crippen LogP contribution < -0.4 is 10.8 Å². The Morgan fingerprint density at radius 2 is 1.55 bits per heavy atom. The number of aliphatic carboxylic acids is 1. The molecule has 5 atom stereocenters. The Balaban J connectivity index is 1.67. The number of para-hydroxylation sites is 1. The maximum atomic E-state index is 12.1. The lowest BCUT2D eigenvalue weighted by atomic mass is 9.99. The van der Waals surface area contributed by atoms with E-state index in [1.54, 1.807) is 0 Å². The SMILES string of the molecule is [2H]c1c([2H])c([2H])c(NC(=O)CCCCCCC(=O)NOC2O[C@H](C(=O)O)[C@@H](O)[C@H](O)[C@H]2O)c([2H])c1[2H]. The van der Waals surface area contributed by atoms with Crippen LogP contribution in [0.1, 0.15) is 45.4 Å². The van der Waals surface area contributed by atoms with E-state index in [-0.39, 0.29) is 18.5 Å². The number of unbranched alkanes of at least 4 members (excludes halogenated alkanes) is 3. The molecule has 0 saturated carbocycles. The summed E-state index contributed by atoms with van der Waals surface area (Å²) >= 11 is 0. The second kappa shape index (κ2) is 12.3. The highest BCUT2D eigenvalue weighted by molar-refractivity contribution is 5.90. The summed E-state index contributed by atoms with van der Waals surface area (Å²) in [6, 6.07) is -2.65. The Morgan fingerprint density at radius 1 is 0.935 bits per heavy atom. The first-order valence-corrected chi connectivity index (χ1v) is 9.60. The van der Waals surface area contributed by atoms with Crippen LogP contribution in [0, 0.1) is 0 Å². The van der Waals surface area contributed by atoms with Crippen molar-refractivity contribution >= 4 is 23.5 Å². The maximum Gasteiger partial charge on any atom is 0.335 e. The van der Waals surface area contributed by atoms with Crippen LogP contribution in [0.2, 0.25) is 0 Å². The van der Waals surface area contributed by atoms with Gasteiger partial charge in [-0.3, -0.25) is 9.59 Å². The first-order valence-electron chi connectivity index (χ1n) is 12.1. The number of hydrogen-bond donors (Lipinski definition) is 6. The number of nitrogens with one attached hydrogen (secondary N) is 2. The van der Waals surface area contributed by atoms with Gasteiger partial charge in [0.1, 0.15) is 18.3 Å². The van der Waals surface area contributed by atoms with Gasteiger partial charge in [0, 0.05) is 18.5 Å². The zero-order chi connectivity index (χ0) is 27.2. The van der Waals surface area contributed by atoms with Crippen LogP contribution in [-0.2, 0) is 24.0 Å². The van der Waals surface area contributed by atoms with Gasteiger partial charge in [-0.25, -0.2) is 15.1 Å². The van der Waals surface area contributed by atoms with Gasteiger partial charge < -0.3 is 30.5 Å². The van der Waals surface area contributed by atoms with Crippen LogP contribution in [0.25, 0.3) is 0 Å². The highest BCUT2D eigenvalue weighted by Crippen LogP contribution is 2.21. The monoisotopic (exact) mass is 445 g/mol. The number of carbonyl (C=O) groups is 3. The number of amides is 2. The third kappa shape index (κ3) is 7.89. The molecule has 1 aliphatic heterocycles. The topological polar surface area (TPSA) is 175 Å². The average molecular weight is 445 g/mol. The standard InChI is InChI=1S/C20H28N2O9/c23-13(21-12-8-4-3-5-9-12)10-6-1-2-7-11-14(24)22-31-20-17(27)15(25)16(26)18(30-20)19(28)29/h3-5,8-9,15-18,20,25-27H,1-2,6-7,10-11H2,(H,21,23)(H,22,24)(H,28,29)/t15-,16-,17+,18-,20?/m0/s1/i3D,4D,5D,8D,9D. The number of ether oxygens (including phenoxy) is 1. The number of carboxylic acid groups (broad SMARTS) is 1. The summed E-state index contributed by atoms with van der Waals surface area (Å²) in [5, 5.41) is 40.4. The minimum atomic E-state index is -1.88. The number of carboxylic acids is 1. The van der Waals surface area contributed by atoms with Gasteiger partial charge in [0.2, 0.25) is 18.1 Å². The van der Waals surface area contributed by atoms with Crippen molar-refractivity contribution in [2.75, 3.05) is 5.32 Å². The Hall–Kier alpha value is -2.57. The van der Waals surface area contributed by atoms with E-state index in [4.69, 9.17) is 21.5 Å². The zero-order valence-electron chi connectivity index (χ0n) is 21.5. The van der Waals surface area contributed by atoms with Gasteiger partial charge >= 0.3 is 5.97 Å². The Bertz CT molecular complexity index is 954. The number of hydrogen-bond acceptors (Lipinski definition) is 8. The van der Waals surface area contributed by atoms with Crippen molar-refractivity contribution in [3.05, 3.63) is 30.2 Å². The number of anilines is 1. The fourth-order valence-corrected chi connectivity index (χ4v) is 2.76. The normalized spacial score (nSPS) is 27.8. The van der Waals surface area contributed by atoms with E-state index in [0.717, 1.165) is 0 Å². The Kier molecular flexibility index (Phi) is 7.17. The summed E-state index contributed by atoms with van der Waals surface area (Å²) < 4.78 is 43.2. The van der Waals surface area contributed by atoms with Gasteiger partial charge in [0.05, 0.1) is 6.85 Å². The van der Waals surface area contributed by atoms with Crippen LogP contribution >= 0.6 is 0 Å². The fourth-order valence-electron chi connectivity index (χ4n) is 2.76. The van der Waals surface area contributed by atoms with Gasteiger partial charge in [-0.1, -0.05) is 31.0 Å². The molecule has 0 spiro atoms. The van der Waals surface area contributed by atoms with E-state index in [2.05, 4.69) is 5.32 Å². The quantitative estimate of drug-likeness (QED) is 0.201. The van der Waals surface area contributed by atoms with E-state index in [1.165, 1.54) is 0 Å². The van der Waals surface area contributed by atoms with Gasteiger partial charge in [-0.05, 0) is 24.9 Å². The van der Waals surface area contributed by atoms with Crippen molar-refractivity contribution in [3.63, 3.8) is 0 Å². The highest BCUT2D eigenvalue weighted by Gasteiger charge is 2.47. The molecule has 2 rings (SSSR count). The predicted molar refractivity (Wildman–Crippen MR) is 106 cm³/mol. The van der Waals surface area contributed by atoms with Gasteiger partial charge in [-0.15, -0.1) is 0 Å². The summed E-state index contributed by atoms with van der Waals surface area (Å²) in [5.74, 6) is -2.72. The average Bonchev–Trinajstić information content (AvgIpc) is 2.84. The van der Waals surface area contributed by atoms with Crippen molar-refractivity contribution in [2.24, 2.45) is 0 Å². The lowest BCUT2D eigenvalue weighted by Gasteiger charge is -2.37. The second-order valence-corrected chi connectivity index (χ2v) is 6.84. The van der Waals surface area contributed by atoms with Gasteiger partial charge in [0.15, 0.2) is 6.10 Å². The largest absolute Gasteiger partial charge is 0.479 e. The zero-order valence-corrected chi connectivity index (χ0v) is 16.5. The van der Waals surface area contributed by atoms with E-state index >= 15 is 0 Å². The van der Waals surface area contributed by atoms with E-state index in [1.807, 2.05) is 5.48 Å². The van der Waals surface area contributed by atoms with Crippen molar-refractivity contribution in [1.82, 2.24) is 5.48 Å². The number of aliphatic hydroxyl groups is 3. The lowest BCUT2D eigenvalue weighted by Crippen LogP contribution is -2.61. The molecule has 1 aromatic rings. The molecular weight excluding hydrogens is 412 g/mol. The molecule has 1 aliphatic rings. The van der Waals surface area contributed by atoms with Crippen molar-refractivity contribution in [1.29, 1.82) is 0 Å². The van der Waals surface area contributed by atoms with Gasteiger partial charge in [-0.2, -0.15) is 0 Å². The summed E-state index contributed by atoms with van der Waals surface area (Å²) in [6.45, 7) is 0. The maximum absolute atomic E-state index is 12.1. The van der Waals surface area contributed by atoms with E-state index in [0.29, 0.717) is 25.7 Å². The lowest BCUT2D eigenvalue weighted by molar-refractivity contribution is -0.306. The molecule has 1 heterocycles. The number of rotatable bonds is 11. The smallest absolute Gasteiger partial charge is 0.335 e. The third-order valence-electron chi connectivity index (χ3n) is 4.42. The summed E-state index contributed by atoms with van der Waals surface area (Å²) in [5.41, 5.74) is 1.70. The first kappa shape index (κ1) is 18.0. The molecule has 2 amide bonds. The summed E-state index contributed by atoms with van der Waals surface area (Å²) in [7, 11) is 0. The molecule has 11 heteroatoms. The predicted octanol–water partition coefficient (Wildman–Crippen LogP) is -0.0943. The number of benzene rings is 1. The number of hydroxylamine groups is 1. The first-order chi connectivity index (χ1) is 16.9. The summed E-state index contributed by atoms with van der Waals surface area (Å²) in [6.07, 6.45) is -7.18. The molecular formula is C20H28N2O9. The van der Waals surface area contributed by atoms with Crippen LogP contribution in [0.3, 0.4) is 0 Å². The molecule has 1 aromatic carbocycles. The molecule has 0 radical (unpaired) electrons. The molecule has 1 unspecified atom stereocenters. The minimum absolute atomic E-state index is 0.00895. The molecule has 1 fully saturated rings. The van der Waals surface area contributed by atoms with Crippen LogP contribution in [-0.4, -0.2) is 68.9 Å².